The van der Waals surface area contributed by atoms with Gasteiger partial charge >= 0.3 is 5.97 Å². The summed E-state index contributed by atoms with van der Waals surface area (Å²) in [6.07, 6.45) is 5.69. The number of carboxylic acid groups (broad SMARTS) is 1. The lowest BCUT2D eigenvalue weighted by molar-refractivity contribution is -0.145. The zero-order valence-corrected chi connectivity index (χ0v) is 8.62. The van der Waals surface area contributed by atoms with E-state index in [1.165, 1.54) is 12.8 Å². The minimum absolute atomic E-state index is 0.0903. The van der Waals surface area contributed by atoms with Crippen molar-refractivity contribution in [3.63, 3.8) is 0 Å². The smallest absolute Gasteiger partial charge is 0.307 e. The molecule has 1 rings (SSSR count). The molecule has 0 aliphatic heterocycles. The van der Waals surface area contributed by atoms with Crippen molar-refractivity contribution in [2.45, 2.75) is 46.0 Å². The number of hydrogen-bond donors (Lipinski definition) is 1. The van der Waals surface area contributed by atoms with Gasteiger partial charge in [-0.3, -0.25) is 4.79 Å². The van der Waals surface area contributed by atoms with Crippen molar-refractivity contribution in [3.05, 3.63) is 0 Å². The average Bonchev–Trinajstić information content (AvgIpc) is 2.56. The second kappa shape index (κ2) is 4.64. The summed E-state index contributed by atoms with van der Waals surface area (Å²) < 4.78 is 0. The molecule has 0 saturated heterocycles. The SMILES string of the molecule is CCC(C)C(C(=O)O)C1CCCC1. The zero-order valence-electron chi connectivity index (χ0n) is 8.62. The largest absolute Gasteiger partial charge is 0.481 e. The molecule has 2 unspecified atom stereocenters. The van der Waals surface area contributed by atoms with Crippen LogP contribution in [0.15, 0.2) is 0 Å². The van der Waals surface area contributed by atoms with Crippen LogP contribution in [0.2, 0.25) is 0 Å². The van der Waals surface area contributed by atoms with Crippen LogP contribution in [0.3, 0.4) is 0 Å². The highest BCUT2D eigenvalue weighted by atomic mass is 16.4. The Hall–Kier alpha value is -0.530. The Labute approximate surface area is 80.3 Å². The molecule has 0 aromatic rings. The van der Waals surface area contributed by atoms with Gasteiger partial charge in [0.2, 0.25) is 0 Å². The van der Waals surface area contributed by atoms with E-state index < -0.39 is 5.97 Å². The molecule has 13 heavy (non-hydrogen) atoms. The molecule has 0 aromatic carbocycles. The maximum atomic E-state index is 11.1. The first-order valence-electron chi connectivity index (χ1n) is 5.39. The van der Waals surface area contributed by atoms with Crippen molar-refractivity contribution in [2.24, 2.45) is 17.8 Å². The van der Waals surface area contributed by atoms with Crippen LogP contribution in [0.25, 0.3) is 0 Å². The monoisotopic (exact) mass is 184 g/mol. The van der Waals surface area contributed by atoms with Gasteiger partial charge in [-0.2, -0.15) is 0 Å². The summed E-state index contributed by atoms with van der Waals surface area (Å²) in [5, 5.41) is 9.14. The summed E-state index contributed by atoms with van der Waals surface area (Å²) in [6.45, 7) is 4.15. The molecule has 0 radical (unpaired) electrons. The molecule has 0 spiro atoms. The maximum absolute atomic E-state index is 11.1. The molecule has 0 heterocycles. The van der Waals surface area contributed by atoms with E-state index in [0.29, 0.717) is 11.8 Å². The van der Waals surface area contributed by atoms with E-state index in [-0.39, 0.29) is 5.92 Å². The van der Waals surface area contributed by atoms with Crippen LogP contribution in [0.4, 0.5) is 0 Å². The highest BCUT2D eigenvalue weighted by Gasteiger charge is 2.33. The van der Waals surface area contributed by atoms with Gasteiger partial charge in [-0.25, -0.2) is 0 Å². The molecule has 2 atom stereocenters. The Balaban J connectivity index is 2.60. The highest BCUT2D eigenvalue weighted by molar-refractivity contribution is 5.70. The van der Waals surface area contributed by atoms with E-state index >= 15 is 0 Å². The van der Waals surface area contributed by atoms with Crippen molar-refractivity contribution in [1.82, 2.24) is 0 Å². The zero-order chi connectivity index (χ0) is 9.84. The molecular formula is C11H20O2. The Bertz CT molecular complexity index is 171. The van der Waals surface area contributed by atoms with Gasteiger partial charge < -0.3 is 5.11 Å². The molecule has 1 fully saturated rings. The highest BCUT2D eigenvalue weighted by Crippen LogP contribution is 2.36. The number of hydrogen-bond acceptors (Lipinski definition) is 1. The van der Waals surface area contributed by atoms with Crippen molar-refractivity contribution >= 4 is 5.97 Å². The quantitative estimate of drug-likeness (QED) is 0.729. The molecule has 2 nitrogen and oxygen atoms in total. The van der Waals surface area contributed by atoms with E-state index in [4.69, 9.17) is 5.11 Å². The molecule has 1 aliphatic rings. The lowest BCUT2D eigenvalue weighted by Crippen LogP contribution is -2.27. The first-order valence-corrected chi connectivity index (χ1v) is 5.39. The topological polar surface area (TPSA) is 37.3 Å². The molecule has 76 valence electrons. The molecule has 1 N–H and O–H groups in total. The summed E-state index contributed by atoms with van der Waals surface area (Å²) in [4.78, 5) is 11.1. The van der Waals surface area contributed by atoms with Crippen LogP contribution < -0.4 is 0 Å². The first kappa shape index (κ1) is 10.6. The van der Waals surface area contributed by atoms with Crippen LogP contribution in [0.1, 0.15) is 46.0 Å². The van der Waals surface area contributed by atoms with E-state index in [0.717, 1.165) is 19.3 Å². The molecule has 1 saturated carbocycles. The molecule has 1 aliphatic carbocycles. The van der Waals surface area contributed by atoms with E-state index in [2.05, 4.69) is 13.8 Å². The van der Waals surface area contributed by atoms with E-state index in [1.807, 2.05) is 0 Å². The van der Waals surface area contributed by atoms with Crippen molar-refractivity contribution < 1.29 is 9.90 Å². The average molecular weight is 184 g/mol. The van der Waals surface area contributed by atoms with Gasteiger partial charge in [0.15, 0.2) is 0 Å². The van der Waals surface area contributed by atoms with Gasteiger partial charge in [-0.15, -0.1) is 0 Å². The molecule has 0 amide bonds. The third-order valence-corrected chi connectivity index (χ3v) is 3.45. The van der Waals surface area contributed by atoms with Gasteiger partial charge in [0.05, 0.1) is 5.92 Å². The minimum Gasteiger partial charge on any atom is -0.481 e. The van der Waals surface area contributed by atoms with Gasteiger partial charge in [0.1, 0.15) is 0 Å². The predicted octanol–water partition coefficient (Wildman–Crippen LogP) is 2.92. The molecule has 0 aromatic heterocycles. The molecule has 0 bridgehead atoms. The Morgan fingerprint density at radius 2 is 2.00 bits per heavy atom. The van der Waals surface area contributed by atoms with Gasteiger partial charge in [-0.1, -0.05) is 33.1 Å². The number of carbonyl (C=O) groups is 1. The lowest BCUT2D eigenvalue weighted by atomic mass is 9.80. The third-order valence-electron chi connectivity index (χ3n) is 3.45. The third kappa shape index (κ3) is 2.45. The number of aliphatic carboxylic acids is 1. The fraction of sp³-hybridized carbons (Fsp3) is 0.909. The lowest BCUT2D eigenvalue weighted by Gasteiger charge is -2.24. The van der Waals surface area contributed by atoms with Crippen LogP contribution >= 0.6 is 0 Å². The molecule has 2 heteroatoms. The Morgan fingerprint density at radius 1 is 1.46 bits per heavy atom. The van der Waals surface area contributed by atoms with Crippen molar-refractivity contribution in [3.8, 4) is 0 Å². The van der Waals surface area contributed by atoms with Crippen molar-refractivity contribution in [2.75, 3.05) is 0 Å². The molecular weight excluding hydrogens is 164 g/mol. The second-order valence-electron chi connectivity index (χ2n) is 4.29. The second-order valence-corrected chi connectivity index (χ2v) is 4.29. The summed E-state index contributed by atoms with van der Waals surface area (Å²) >= 11 is 0. The number of rotatable bonds is 4. The number of carboxylic acids is 1. The van der Waals surface area contributed by atoms with E-state index in [1.54, 1.807) is 0 Å². The van der Waals surface area contributed by atoms with Crippen molar-refractivity contribution in [1.29, 1.82) is 0 Å². The Morgan fingerprint density at radius 3 is 2.38 bits per heavy atom. The minimum atomic E-state index is -0.582. The standard InChI is InChI=1S/C11H20O2/c1-3-8(2)10(11(12)13)9-6-4-5-7-9/h8-10H,3-7H2,1-2H3,(H,12,13). The normalized spacial score (nSPS) is 22.9. The Kier molecular flexibility index (Phi) is 3.76. The van der Waals surface area contributed by atoms with Crippen LogP contribution in [0.5, 0.6) is 0 Å². The first-order chi connectivity index (χ1) is 6.16. The maximum Gasteiger partial charge on any atom is 0.307 e. The van der Waals surface area contributed by atoms with E-state index in [9.17, 15) is 4.79 Å². The van der Waals surface area contributed by atoms with Crippen LogP contribution in [-0.2, 0) is 4.79 Å². The van der Waals surface area contributed by atoms with Crippen LogP contribution in [0, 0.1) is 17.8 Å². The summed E-state index contributed by atoms with van der Waals surface area (Å²) in [5.41, 5.74) is 0. The van der Waals surface area contributed by atoms with Crippen LogP contribution in [-0.4, -0.2) is 11.1 Å². The fourth-order valence-electron chi connectivity index (χ4n) is 2.48. The fourth-order valence-corrected chi connectivity index (χ4v) is 2.48. The predicted molar refractivity (Wildman–Crippen MR) is 52.5 cm³/mol. The summed E-state index contributed by atoms with van der Waals surface area (Å²) in [6, 6.07) is 0. The summed E-state index contributed by atoms with van der Waals surface area (Å²) in [5.74, 6) is 0.113. The van der Waals surface area contributed by atoms with Gasteiger partial charge in [0.25, 0.3) is 0 Å². The van der Waals surface area contributed by atoms with Gasteiger partial charge in [-0.05, 0) is 24.7 Å². The summed E-state index contributed by atoms with van der Waals surface area (Å²) in [7, 11) is 0. The van der Waals surface area contributed by atoms with Gasteiger partial charge in [0, 0.05) is 0 Å².